The normalized spacial score (nSPS) is 23.6. The van der Waals surface area contributed by atoms with Crippen LogP contribution >= 0.6 is 0 Å². The first kappa shape index (κ1) is 21.4. The van der Waals surface area contributed by atoms with Crippen molar-refractivity contribution in [2.24, 2.45) is 0 Å². The highest BCUT2D eigenvalue weighted by Crippen LogP contribution is 2.23. The molecule has 0 bridgehead atoms. The number of hydrogen-bond acceptors (Lipinski definition) is 7. The molecule has 10 heteroatoms. The molecule has 0 saturated carbocycles. The van der Waals surface area contributed by atoms with Gasteiger partial charge in [0.05, 0.1) is 6.04 Å². The van der Waals surface area contributed by atoms with Crippen molar-refractivity contribution in [3.8, 4) is 0 Å². The number of aliphatic hydroxyl groups excluding tert-OH is 3. The molecule has 0 aliphatic carbocycles. The van der Waals surface area contributed by atoms with Gasteiger partial charge in [0, 0.05) is 19.0 Å². The molecule has 152 valence electrons. The molecular formula is C18H22N2O8. The Labute approximate surface area is 160 Å². The Morgan fingerprint density at radius 2 is 1.82 bits per heavy atom. The maximum atomic E-state index is 12.0. The summed E-state index contributed by atoms with van der Waals surface area (Å²) in [6.07, 6.45) is -5.32. The maximum Gasteiger partial charge on any atom is 0.370 e. The number of carbonyl (C=O) groups excluding carboxylic acids is 2. The Morgan fingerprint density at radius 1 is 1.18 bits per heavy atom. The summed E-state index contributed by atoms with van der Waals surface area (Å²) in [7, 11) is 0. The Kier molecular flexibility index (Phi) is 7.10. The van der Waals surface area contributed by atoms with E-state index in [4.69, 9.17) is 9.84 Å². The summed E-state index contributed by atoms with van der Waals surface area (Å²) in [6, 6.07) is 6.99. The quantitative estimate of drug-likeness (QED) is 0.321. The predicted octanol–water partition coefficient (Wildman–Crippen LogP) is -1.63. The van der Waals surface area contributed by atoms with Crippen LogP contribution < -0.4 is 10.6 Å². The minimum Gasteiger partial charge on any atom is -0.478 e. The first-order valence-electron chi connectivity index (χ1n) is 8.47. The standard InChI is InChI=1S/C18H22N2O8/c1-9(21)20-14-11(22)7-13(18(26)27)28-16(14)15(24)12(23)8-19-17(25)10-5-3-2-4-6-10/h2-7,11-12,14-16,22-24H,8H2,1H3,(H,19,25)(H,20,21)(H,26,27)/t11-,12-,14?,15-,16+/m0/s1. The average Bonchev–Trinajstić information content (AvgIpc) is 2.66. The summed E-state index contributed by atoms with van der Waals surface area (Å²) in [4.78, 5) is 34.5. The number of carboxylic acid groups (broad SMARTS) is 1. The van der Waals surface area contributed by atoms with Crippen molar-refractivity contribution in [3.05, 3.63) is 47.7 Å². The highest BCUT2D eigenvalue weighted by molar-refractivity contribution is 5.94. The van der Waals surface area contributed by atoms with Gasteiger partial charge in [-0.15, -0.1) is 0 Å². The zero-order valence-corrected chi connectivity index (χ0v) is 15.0. The highest BCUT2D eigenvalue weighted by Gasteiger charge is 2.43. The summed E-state index contributed by atoms with van der Waals surface area (Å²) in [5.74, 6) is -3.15. The van der Waals surface area contributed by atoms with Crippen molar-refractivity contribution in [2.45, 2.75) is 37.4 Å². The number of carbonyl (C=O) groups is 3. The summed E-state index contributed by atoms with van der Waals surface area (Å²) in [6.45, 7) is 0.798. The molecule has 2 rings (SSSR count). The summed E-state index contributed by atoms with van der Waals surface area (Å²) in [5.41, 5.74) is 0.348. The van der Waals surface area contributed by atoms with Gasteiger partial charge in [0.25, 0.3) is 5.91 Å². The van der Waals surface area contributed by atoms with Crippen LogP contribution in [0.15, 0.2) is 42.2 Å². The van der Waals surface area contributed by atoms with E-state index in [2.05, 4.69) is 10.6 Å². The van der Waals surface area contributed by atoms with Crippen LogP contribution in [0.2, 0.25) is 0 Å². The van der Waals surface area contributed by atoms with Gasteiger partial charge in [-0.3, -0.25) is 9.59 Å². The van der Waals surface area contributed by atoms with Crippen LogP contribution in [0.25, 0.3) is 0 Å². The Balaban J connectivity index is 2.08. The Morgan fingerprint density at radius 3 is 2.39 bits per heavy atom. The van der Waals surface area contributed by atoms with Crippen LogP contribution in [0.3, 0.4) is 0 Å². The number of carboxylic acids is 1. The third-order valence-corrected chi connectivity index (χ3v) is 4.13. The lowest BCUT2D eigenvalue weighted by atomic mass is 9.93. The summed E-state index contributed by atoms with van der Waals surface area (Å²) >= 11 is 0. The number of aliphatic hydroxyl groups is 3. The van der Waals surface area contributed by atoms with E-state index < -0.39 is 54.0 Å². The second-order valence-corrected chi connectivity index (χ2v) is 6.27. The van der Waals surface area contributed by atoms with E-state index in [0.29, 0.717) is 5.56 Å². The highest BCUT2D eigenvalue weighted by atomic mass is 16.5. The van der Waals surface area contributed by atoms with Gasteiger partial charge in [0.2, 0.25) is 11.7 Å². The molecule has 2 amide bonds. The Bertz CT molecular complexity index is 751. The zero-order chi connectivity index (χ0) is 20.8. The molecule has 0 aromatic heterocycles. The van der Waals surface area contributed by atoms with Gasteiger partial charge in [0.1, 0.15) is 18.3 Å². The van der Waals surface area contributed by atoms with E-state index in [1.165, 1.54) is 6.92 Å². The predicted molar refractivity (Wildman–Crippen MR) is 95.0 cm³/mol. The van der Waals surface area contributed by atoms with E-state index in [9.17, 15) is 29.7 Å². The fourth-order valence-electron chi connectivity index (χ4n) is 2.75. The molecule has 1 heterocycles. The van der Waals surface area contributed by atoms with Crippen LogP contribution in [0.5, 0.6) is 0 Å². The molecule has 10 nitrogen and oxygen atoms in total. The van der Waals surface area contributed by atoms with Crippen LogP contribution in [-0.4, -0.2) is 75.2 Å². The first-order chi connectivity index (χ1) is 13.2. The number of nitrogens with one attached hydrogen (secondary N) is 2. The van der Waals surface area contributed by atoms with Crippen molar-refractivity contribution in [1.82, 2.24) is 10.6 Å². The summed E-state index contributed by atoms with van der Waals surface area (Å²) < 4.78 is 5.17. The number of hydrogen-bond donors (Lipinski definition) is 6. The van der Waals surface area contributed by atoms with Crippen molar-refractivity contribution < 1.29 is 39.5 Å². The van der Waals surface area contributed by atoms with Gasteiger partial charge in [-0.25, -0.2) is 4.79 Å². The van der Waals surface area contributed by atoms with E-state index in [0.717, 1.165) is 6.08 Å². The molecule has 0 spiro atoms. The minimum atomic E-state index is -1.72. The fourth-order valence-corrected chi connectivity index (χ4v) is 2.75. The second-order valence-electron chi connectivity index (χ2n) is 6.27. The lowest BCUT2D eigenvalue weighted by Crippen LogP contribution is -2.60. The van der Waals surface area contributed by atoms with Crippen LogP contribution in [-0.2, 0) is 14.3 Å². The van der Waals surface area contributed by atoms with Crippen molar-refractivity contribution in [2.75, 3.05) is 6.54 Å². The number of amides is 2. The maximum absolute atomic E-state index is 12.0. The number of benzene rings is 1. The van der Waals surface area contributed by atoms with E-state index in [-0.39, 0.29) is 6.54 Å². The fraction of sp³-hybridized carbons (Fsp3) is 0.389. The molecule has 1 aliphatic rings. The largest absolute Gasteiger partial charge is 0.478 e. The molecule has 0 fully saturated rings. The van der Waals surface area contributed by atoms with Crippen molar-refractivity contribution in [3.63, 3.8) is 0 Å². The molecule has 0 radical (unpaired) electrons. The smallest absolute Gasteiger partial charge is 0.370 e. The van der Waals surface area contributed by atoms with Gasteiger partial charge < -0.3 is 35.8 Å². The van der Waals surface area contributed by atoms with Gasteiger partial charge in [-0.2, -0.15) is 0 Å². The Hall–Kier alpha value is -2.95. The topological polar surface area (TPSA) is 165 Å². The molecule has 1 unspecified atom stereocenters. The van der Waals surface area contributed by atoms with E-state index >= 15 is 0 Å². The third kappa shape index (κ3) is 5.28. The molecule has 1 aliphatic heterocycles. The molecule has 6 N–H and O–H groups in total. The van der Waals surface area contributed by atoms with Crippen LogP contribution in [0.4, 0.5) is 0 Å². The molecule has 5 atom stereocenters. The average molecular weight is 394 g/mol. The van der Waals surface area contributed by atoms with Crippen molar-refractivity contribution in [1.29, 1.82) is 0 Å². The van der Waals surface area contributed by atoms with Gasteiger partial charge in [0.15, 0.2) is 6.10 Å². The number of aliphatic carboxylic acids is 1. The van der Waals surface area contributed by atoms with Crippen LogP contribution in [0, 0.1) is 0 Å². The summed E-state index contributed by atoms with van der Waals surface area (Å²) in [5, 5.41) is 44.6. The molecule has 1 aromatic carbocycles. The van der Waals surface area contributed by atoms with Gasteiger partial charge in [-0.1, -0.05) is 18.2 Å². The minimum absolute atomic E-state index is 0.348. The zero-order valence-electron chi connectivity index (χ0n) is 15.0. The van der Waals surface area contributed by atoms with Gasteiger partial charge in [-0.05, 0) is 18.2 Å². The molecule has 0 saturated heterocycles. The van der Waals surface area contributed by atoms with E-state index in [1.807, 2.05) is 0 Å². The number of ether oxygens (including phenoxy) is 1. The molecule has 28 heavy (non-hydrogen) atoms. The number of rotatable bonds is 7. The lowest BCUT2D eigenvalue weighted by Gasteiger charge is -2.38. The van der Waals surface area contributed by atoms with Gasteiger partial charge >= 0.3 is 5.97 Å². The first-order valence-corrected chi connectivity index (χ1v) is 8.47. The second kappa shape index (κ2) is 9.31. The third-order valence-electron chi connectivity index (χ3n) is 4.13. The molecule has 1 aromatic rings. The monoisotopic (exact) mass is 394 g/mol. The van der Waals surface area contributed by atoms with E-state index in [1.54, 1.807) is 30.3 Å². The van der Waals surface area contributed by atoms with Crippen molar-refractivity contribution >= 4 is 17.8 Å². The lowest BCUT2D eigenvalue weighted by molar-refractivity contribution is -0.147. The molecular weight excluding hydrogens is 372 g/mol. The SMILES string of the molecule is CC(=O)NC1[C@H]([C@@H](O)[C@@H](O)CNC(=O)c2ccccc2)OC(C(=O)O)=C[C@@H]1O. The van der Waals surface area contributed by atoms with Crippen LogP contribution in [0.1, 0.15) is 17.3 Å².